The van der Waals surface area contributed by atoms with Gasteiger partial charge in [-0.1, -0.05) is 0 Å². The Bertz CT molecular complexity index is 98.6. The number of carbonyl (C=O) groups excluding carboxylic acids is 2. The van der Waals surface area contributed by atoms with E-state index in [1.807, 2.05) is 0 Å². The monoisotopic (exact) mass is 114 g/mol. The molecule has 0 saturated heterocycles. The molecule has 0 aromatic carbocycles. The van der Waals surface area contributed by atoms with Crippen LogP contribution in [0, 0.1) is 0 Å². The van der Waals surface area contributed by atoms with Gasteiger partial charge in [0.25, 0.3) is 12.2 Å². The highest BCUT2D eigenvalue weighted by atomic mass is 16.2. The molecule has 0 aliphatic carbocycles. The SMILES string of the molecule is CC(C)NC(=O)[C]=O. The van der Waals surface area contributed by atoms with E-state index in [2.05, 4.69) is 5.32 Å². The maximum Gasteiger partial charge on any atom is 0.296 e. The van der Waals surface area contributed by atoms with Crippen LogP contribution in [-0.4, -0.2) is 18.2 Å². The first-order valence-corrected chi connectivity index (χ1v) is 2.35. The maximum absolute atomic E-state index is 10.1. The van der Waals surface area contributed by atoms with E-state index in [1.165, 1.54) is 6.29 Å². The predicted molar refractivity (Wildman–Crippen MR) is 29.0 cm³/mol. The van der Waals surface area contributed by atoms with E-state index in [0.717, 1.165) is 0 Å². The van der Waals surface area contributed by atoms with Crippen LogP contribution >= 0.6 is 0 Å². The summed E-state index contributed by atoms with van der Waals surface area (Å²) in [4.78, 5) is 19.6. The first-order chi connectivity index (χ1) is 3.66. The van der Waals surface area contributed by atoms with Crippen LogP contribution in [0.3, 0.4) is 0 Å². The topological polar surface area (TPSA) is 46.2 Å². The quantitative estimate of drug-likeness (QED) is 0.497. The smallest absolute Gasteiger partial charge is 0.296 e. The molecule has 0 fully saturated rings. The fraction of sp³-hybridized carbons (Fsp3) is 0.600. The standard InChI is InChI=1S/C5H8NO2/c1-4(2)6-5(8)3-7/h4H,1-2H3,(H,6,8). The summed E-state index contributed by atoms with van der Waals surface area (Å²) in [6.07, 6.45) is 1.20. The lowest BCUT2D eigenvalue weighted by Crippen LogP contribution is -2.30. The number of amides is 1. The number of carbonyl (C=O) groups is 1. The van der Waals surface area contributed by atoms with Crippen molar-refractivity contribution in [3.8, 4) is 0 Å². The van der Waals surface area contributed by atoms with Gasteiger partial charge in [0.05, 0.1) is 0 Å². The van der Waals surface area contributed by atoms with E-state index in [1.54, 1.807) is 13.8 Å². The molecule has 0 unspecified atom stereocenters. The molecule has 0 heterocycles. The Morgan fingerprint density at radius 1 is 1.62 bits per heavy atom. The van der Waals surface area contributed by atoms with Gasteiger partial charge in [0, 0.05) is 6.04 Å². The van der Waals surface area contributed by atoms with Gasteiger partial charge >= 0.3 is 0 Å². The van der Waals surface area contributed by atoms with E-state index in [0.29, 0.717) is 0 Å². The highest BCUT2D eigenvalue weighted by Gasteiger charge is 1.98. The molecule has 0 aromatic rings. The van der Waals surface area contributed by atoms with E-state index >= 15 is 0 Å². The van der Waals surface area contributed by atoms with Gasteiger partial charge in [-0.25, -0.2) is 0 Å². The lowest BCUT2D eigenvalue weighted by Gasteiger charge is -2.00. The highest BCUT2D eigenvalue weighted by molar-refractivity contribution is 6.24. The molecule has 3 heteroatoms. The molecule has 0 spiro atoms. The zero-order valence-electron chi connectivity index (χ0n) is 4.89. The molecule has 0 aliphatic rings. The fourth-order valence-corrected chi connectivity index (χ4v) is 0.292. The van der Waals surface area contributed by atoms with Gasteiger partial charge in [0.15, 0.2) is 0 Å². The molecule has 0 saturated carbocycles. The molecule has 1 amide bonds. The van der Waals surface area contributed by atoms with Crippen molar-refractivity contribution in [2.75, 3.05) is 0 Å². The predicted octanol–water partition coefficient (Wildman–Crippen LogP) is -0.379. The first-order valence-electron chi connectivity index (χ1n) is 2.35. The molecular weight excluding hydrogens is 106 g/mol. The van der Waals surface area contributed by atoms with Gasteiger partial charge in [0.2, 0.25) is 0 Å². The first kappa shape index (κ1) is 7.14. The van der Waals surface area contributed by atoms with Crippen molar-refractivity contribution in [2.24, 2.45) is 0 Å². The van der Waals surface area contributed by atoms with E-state index in [9.17, 15) is 9.59 Å². The minimum absolute atomic E-state index is 0.0175. The molecule has 1 N–H and O–H groups in total. The van der Waals surface area contributed by atoms with Crippen molar-refractivity contribution in [1.29, 1.82) is 0 Å². The summed E-state index contributed by atoms with van der Waals surface area (Å²) in [5.41, 5.74) is 0. The molecule has 0 bridgehead atoms. The number of hydrogen-bond acceptors (Lipinski definition) is 2. The molecule has 0 aliphatic heterocycles. The van der Waals surface area contributed by atoms with Crippen LogP contribution in [0.25, 0.3) is 0 Å². The Morgan fingerprint density at radius 3 is 2.25 bits per heavy atom. The van der Waals surface area contributed by atoms with Crippen molar-refractivity contribution >= 4 is 12.2 Å². The second-order valence-corrected chi connectivity index (χ2v) is 1.73. The Morgan fingerprint density at radius 2 is 2.12 bits per heavy atom. The van der Waals surface area contributed by atoms with Gasteiger partial charge in [-0.15, -0.1) is 0 Å². The summed E-state index contributed by atoms with van der Waals surface area (Å²) in [6, 6.07) is 0.0175. The fourth-order valence-electron chi connectivity index (χ4n) is 0.292. The van der Waals surface area contributed by atoms with Gasteiger partial charge < -0.3 is 5.32 Å². The zero-order chi connectivity index (χ0) is 6.57. The molecule has 1 radical (unpaired) electrons. The normalized spacial score (nSPS) is 8.88. The van der Waals surface area contributed by atoms with Gasteiger partial charge in [0.1, 0.15) is 0 Å². The molecule has 0 aromatic heterocycles. The minimum Gasteiger partial charge on any atom is -0.347 e. The van der Waals surface area contributed by atoms with Crippen LogP contribution in [0.15, 0.2) is 0 Å². The van der Waals surface area contributed by atoms with Crippen LogP contribution in [0.5, 0.6) is 0 Å². The summed E-state index contributed by atoms with van der Waals surface area (Å²) in [5, 5.41) is 2.33. The van der Waals surface area contributed by atoms with Gasteiger partial charge in [-0.3, -0.25) is 9.59 Å². The highest BCUT2D eigenvalue weighted by Crippen LogP contribution is 1.72. The van der Waals surface area contributed by atoms with Crippen molar-refractivity contribution in [3.63, 3.8) is 0 Å². The van der Waals surface area contributed by atoms with E-state index < -0.39 is 5.91 Å². The number of rotatable bonds is 2. The van der Waals surface area contributed by atoms with Crippen molar-refractivity contribution < 1.29 is 9.59 Å². The lowest BCUT2D eigenvalue weighted by molar-refractivity contribution is -0.115. The minimum atomic E-state index is -0.681. The number of hydrogen-bond donors (Lipinski definition) is 1. The Hall–Kier alpha value is -0.860. The summed E-state index contributed by atoms with van der Waals surface area (Å²) in [5.74, 6) is -0.681. The largest absolute Gasteiger partial charge is 0.347 e. The van der Waals surface area contributed by atoms with Crippen LogP contribution in [0.1, 0.15) is 13.8 Å². The van der Waals surface area contributed by atoms with Crippen molar-refractivity contribution in [1.82, 2.24) is 5.32 Å². The summed E-state index contributed by atoms with van der Waals surface area (Å²) in [6.45, 7) is 3.55. The Labute approximate surface area is 48.1 Å². The lowest BCUT2D eigenvalue weighted by atomic mass is 10.4. The third-order valence-corrected chi connectivity index (χ3v) is 0.512. The third kappa shape index (κ3) is 3.33. The van der Waals surface area contributed by atoms with Crippen LogP contribution < -0.4 is 5.32 Å². The van der Waals surface area contributed by atoms with Gasteiger partial charge in [-0.2, -0.15) is 0 Å². The third-order valence-electron chi connectivity index (χ3n) is 0.512. The molecule has 0 atom stereocenters. The maximum atomic E-state index is 10.1. The molecule has 45 valence electrons. The van der Waals surface area contributed by atoms with Crippen LogP contribution in [0.2, 0.25) is 0 Å². The van der Waals surface area contributed by atoms with Crippen molar-refractivity contribution in [2.45, 2.75) is 19.9 Å². The molecule has 8 heavy (non-hydrogen) atoms. The molecule has 3 nitrogen and oxygen atoms in total. The summed E-state index contributed by atoms with van der Waals surface area (Å²) >= 11 is 0. The van der Waals surface area contributed by atoms with Crippen LogP contribution in [-0.2, 0) is 9.59 Å². The van der Waals surface area contributed by atoms with Crippen molar-refractivity contribution in [3.05, 3.63) is 0 Å². The molecule has 0 rings (SSSR count). The average Bonchev–Trinajstić information content (AvgIpc) is 1.65. The summed E-state index contributed by atoms with van der Waals surface area (Å²) < 4.78 is 0. The Kier molecular flexibility index (Phi) is 2.84. The van der Waals surface area contributed by atoms with E-state index in [4.69, 9.17) is 0 Å². The second-order valence-electron chi connectivity index (χ2n) is 1.73. The average molecular weight is 114 g/mol. The number of nitrogens with one attached hydrogen (secondary N) is 1. The van der Waals surface area contributed by atoms with Crippen LogP contribution in [0.4, 0.5) is 0 Å². The van der Waals surface area contributed by atoms with E-state index in [-0.39, 0.29) is 6.04 Å². The Balaban J connectivity index is 3.39. The zero-order valence-corrected chi connectivity index (χ0v) is 4.89. The second kappa shape index (κ2) is 3.18. The summed E-state index contributed by atoms with van der Waals surface area (Å²) in [7, 11) is 0. The van der Waals surface area contributed by atoms with Gasteiger partial charge in [-0.05, 0) is 13.8 Å². The molecular formula is C5H8NO2.